The summed E-state index contributed by atoms with van der Waals surface area (Å²) in [4.78, 5) is 13.3. The fourth-order valence-corrected chi connectivity index (χ4v) is 2.69. The van der Waals surface area contributed by atoms with Crippen LogP contribution in [0.5, 0.6) is 0 Å². The molecule has 0 saturated heterocycles. The Hall–Kier alpha value is -1.46. The van der Waals surface area contributed by atoms with Crippen LogP contribution in [0.25, 0.3) is 11.2 Å². The smallest absolute Gasteiger partial charge is 0.160 e. The Morgan fingerprint density at radius 1 is 1.33 bits per heavy atom. The van der Waals surface area contributed by atoms with Crippen molar-refractivity contribution in [3.63, 3.8) is 0 Å². The van der Waals surface area contributed by atoms with Crippen molar-refractivity contribution in [2.75, 3.05) is 0 Å². The highest BCUT2D eigenvalue weighted by Crippen LogP contribution is 2.18. The van der Waals surface area contributed by atoms with Gasteiger partial charge in [-0.1, -0.05) is 0 Å². The summed E-state index contributed by atoms with van der Waals surface area (Å²) in [5.74, 6) is 1.21. The molecule has 3 heterocycles. The largest absolute Gasteiger partial charge is 0.305 e. The SMILES string of the molecule is Cc1ccc2nc(CCl)n(Cc3nccs3)c2n1. The van der Waals surface area contributed by atoms with Gasteiger partial charge in [-0.05, 0) is 19.1 Å². The number of aryl methyl sites for hydroxylation is 1. The lowest BCUT2D eigenvalue weighted by molar-refractivity contribution is 0.764. The highest BCUT2D eigenvalue weighted by atomic mass is 35.5. The molecule has 0 spiro atoms. The normalized spacial score (nSPS) is 11.2. The van der Waals surface area contributed by atoms with Crippen LogP contribution >= 0.6 is 22.9 Å². The first-order valence-electron chi connectivity index (χ1n) is 5.55. The first kappa shape index (κ1) is 11.6. The molecule has 3 aromatic rings. The third kappa shape index (κ3) is 2.00. The second-order valence-corrected chi connectivity index (χ2v) is 5.22. The minimum absolute atomic E-state index is 0.376. The lowest BCUT2D eigenvalue weighted by Crippen LogP contribution is -2.04. The maximum atomic E-state index is 5.96. The van der Waals surface area contributed by atoms with E-state index in [-0.39, 0.29) is 0 Å². The van der Waals surface area contributed by atoms with Gasteiger partial charge >= 0.3 is 0 Å². The molecule has 0 aliphatic carbocycles. The van der Waals surface area contributed by atoms with Crippen LogP contribution in [0.2, 0.25) is 0 Å². The van der Waals surface area contributed by atoms with Gasteiger partial charge in [0.1, 0.15) is 16.3 Å². The average molecular weight is 279 g/mol. The van der Waals surface area contributed by atoms with Crippen molar-refractivity contribution in [2.45, 2.75) is 19.3 Å². The van der Waals surface area contributed by atoms with Gasteiger partial charge in [0, 0.05) is 17.3 Å². The number of alkyl halides is 1. The van der Waals surface area contributed by atoms with Crippen molar-refractivity contribution >= 4 is 34.1 Å². The number of halogens is 1. The van der Waals surface area contributed by atoms with Crippen LogP contribution in [0.1, 0.15) is 16.5 Å². The van der Waals surface area contributed by atoms with Crippen LogP contribution < -0.4 is 0 Å². The summed E-state index contributed by atoms with van der Waals surface area (Å²) in [6, 6.07) is 3.94. The number of rotatable bonds is 3. The molecule has 0 bridgehead atoms. The Bertz CT molecular complexity index is 675. The van der Waals surface area contributed by atoms with E-state index in [9.17, 15) is 0 Å². The summed E-state index contributed by atoms with van der Waals surface area (Å²) < 4.78 is 2.04. The van der Waals surface area contributed by atoms with Gasteiger partial charge < -0.3 is 4.57 Å². The molecule has 0 radical (unpaired) electrons. The standard InChI is InChI=1S/C12H11ClN4S/c1-8-2-3-9-12(15-8)17(10(6-13)16-9)7-11-14-4-5-18-11/h2-5H,6-7H2,1H3. The van der Waals surface area contributed by atoms with Gasteiger partial charge in [-0.3, -0.25) is 0 Å². The van der Waals surface area contributed by atoms with Gasteiger partial charge in [0.05, 0.1) is 12.4 Å². The molecule has 3 rings (SSSR count). The van der Waals surface area contributed by atoms with Crippen molar-refractivity contribution in [2.24, 2.45) is 0 Å². The highest BCUT2D eigenvalue weighted by molar-refractivity contribution is 7.09. The number of hydrogen-bond acceptors (Lipinski definition) is 4. The van der Waals surface area contributed by atoms with Crippen LogP contribution in [0.4, 0.5) is 0 Å². The van der Waals surface area contributed by atoms with Crippen LogP contribution in [-0.4, -0.2) is 19.5 Å². The molecule has 92 valence electrons. The van der Waals surface area contributed by atoms with Gasteiger partial charge in [-0.2, -0.15) is 0 Å². The second-order valence-electron chi connectivity index (χ2n) is 3.97. The molecule has 18 heavy (non-hydrogen) atoms. The van der Waals surface area contributed by atoms with E-state index < -0.39 is 0 Å². The zero-order chi connectivity index (χ0) is 12.5. The van der Waals surface area contributed by atoms with Crippen LogP contribution in [0.15, 0.2) is 23.7 Å². The van der Waals surface area contributed by atoms with Crippen LogP contribution in [-0.2, 0) is 12.4 Å². The molecule has 0 aromatic carbocycles. The van der Waals surface area contributed by atoms with E-state index in [1.54, 1.807) is 17.5 Å². The Morgan fingerprint density at radius 3 is 2.94 bits per heavy atom. The third-order valence-electron chi connectivity index (χ3n) is 2.71. The fraction of sp³-hybridized carbons (Fsp3) is 0.250. The number of thiazole rings is 1. The number of imidazole rings is 1. The van der Waals surface area contributed by atoms with Crippen LogP contribution in [0.3, 0.4) is 0 Å². The minimum Gasteiger partial charge on any atom is -0.305 e. The molecule has 0 unspecified atom stereocenters. The molecule has 4 nitrogen and oxygen atoms in total. The van der Waals surface area contributed by atoms with Crippen molar-refractivity contribution in [1.82, 2.24) is 19.5 Å². The van der Waals surface area contributed by atoms with E-state index in [1.165, 1.54) is 0 Å². The quantitative estimate of drug-likeness (QED) is 0.692. The molecule has 0 amide bonds. The summed E-state index contributed by atoms with van der Waals surface area (Å²) >= 11 is 7.58. The fourth-order valence-electron chi connectivity index (χ4n) is 1.88. The number of aromatic nitrogens is 4. The predicted molar refractivity (Wildman–Crippen MR) is 73.0 cm³/mol. The number of pyridine rings is 1. The van der Waals surface area contributed by atoms with E-state index in [1.807, 2.05) is 29.0 Å². The Kier molecular flexibility index (Phi) is 3.01. The molecule has 0 saturated carbocycles. The molecule has 3 aromatic heterocycles. The maximum absolute atomic E-state index is 5.96. The van der Waals surface area contributed by atoms with Crippen LogP contribution in [0, 0.1) is 6.92 Å². The zero-order valence-electron chi connectivity index (χ0n) is 9.80. The average Bonchev–Trinajstić information content (AvgIpc) is 2.98. The zero-order valence-corrected chi connectivity index (χ0v) is 11.4. The summed E-state index contributed by atoms with van der Waals surface area (Å²) in [7, 11) is 0. The van der Waals surface area contributed by atoms with E-state index in [0.717, 1.165) is 27.7 Å². The van der Waals surface area contributed by atoms with E-state index >= 15 is 0 Å². The van der Waals surface area contributed by atoms with Gasteiger partial charge in [-0.25, -0.2) is 15.0 Å². The molecule has 0 atom stereocenters. The van der Waals surface area contributed by atoms with Gasteiger partial charge in [-0.15, -0.1) is 22.9 Å². The molecular formula is C12H11ClN4S. The van der Waals surface area contributed by atoms with Gasteiger partial charge in [0.25, 0.3) is 0 Å². The molecule has 0 aliphatic heterocycles. The molecule has 0 fully saturated rings. The summed E-state index contributed by atoms with van der Waals surface area (Å²) in [5.41, 5.74) is 2.73. The van der Waals surface area contributed by atoms with Crippen molar-refractivity contribution in [1.29, 1.82) is 0 Å². The molecule has 0 N–H and O–H groups in total. The summed E-state index contributed by atoms with van der Waals surface area (Å²) in [6.07, 6.45) is 1.80. The maximum Gasteiger partial charge on any atom is 0.160 e. The van der Waals surface area contributed by atoms with E-state index in [4.69, 9.17) is 11.6 Å². The summed E-state index contributed by atoms with van der Waals surface area (Å²) in [5, 5.41) is 3.00. The Morgan fingerprint density at radius 2 is 2.22 bits per heavy atom. The molecular weight excluding hydrogens is 268 g/mol. The van der Waals surface area contributed by atoms with E-state index in [0.29, 0.717) is 12.4 Å². The van der Waals surface area contributed by atoms with Gasteiger partial charge in [0.15, 0.2) is 5.65 Å². The lowest BCUT2D eigenvalue weighted by atomic mass is 10.3. The third-order valence-corrected chi connectivity index (χ3v) is 3.71. The number of hydrogen-bond donors (Lipinski definition) is 0. The number of nitrogens with zero attached hydrogens (tertiary/aromatic N) is 4. The Balaban J connectivity index is 2.15. The first-order chi connectivity index (χ1) is 8.78. The first-order valence-corrected chi connectivity index (χ1v) is 6.96. The minimum atomic E-state index is 0.376. The summed E-state index contributed by atoms with van der Waals surface area (Å²) in [6.45, 7) is 2.65. The topological polar surface area (TPSA) is 43.6 Å². The number of fused-ring (bicyclic) bond motifs is 1. The molecule has 0 aliphatic rings. The lowest BCUT2D eigenvalue weighted by Gasteiger charge is -2.04. The monoisotopic (exact) mass is 278 g/mol. The Labute approximate surface area is 113 Å². The van der Waals surface area contributed by atoms with Crippen molar-refractivity contribution < 1.29 is 0 Å². The highest BCUT2D eigenvalue weighted by Gasteiger charge is 2.12. The molecule has 6 heteroatoms. The van der Waals surface area contributed by atoms with Crippen molar-refractivity contribution in [3.05, 3.63) is 40.2 Å². The van der Waals surface area contributed by atoms with Crippen molar-refractivity contribution in [3.8, 4) is 0 Å². The van der Waals surface area contributed by atoms with Gasteiger partial charge in [0.2, 0.25) is 0 Å². The predicted octanol–water partition coefficient (Wildman–Crippen LogP) is 2.98. The van der Waals surface area contributed by atoms with E-state index in [2.05, 4.69) is 15.0 Å². The second kappa shape index (κ2) is 4.66.